The molecule has 8 heteroatoms. The average Bonchev–Trinajstić information content (AvgIpc) is 2.51. The topological polar surface area (TPSA) is 81.5 Å². The van der Waals surface area contributed by atoms with Crippen LogP contribution in [0.3, 0.4) is 0 Å². The minimum absolute atomic E-state index is 0.0718. The Kier molecular flexibility index (Phi) is 5.57. The summed E-state index contributed by atoms with van der Waals surface area (Å²) < 4.78 is 6.36. The number of carbonyl (C=O) groups excluding carboxylic acids is 1. The number of rotatable bonds is 5. The van der Waals surface area contributed by atoms with Gasteiger partial charge in [0.25, 0.3) is 11.6 Å². The van der Waals surface area contributed by atoms with Crippen molar-refractivity contribution in [1.82, 2.24) is 0 Å². The normalized spacial score (nSPS) is 11.6. The van der Waals surface area contributed by atoms with Gasteiger partial charge in [0.05, 0.1) is 9.95 Å². The molecule has 0 saturated carbocycles. The lowest BCUT2D eigenvalue weighted by molar-refractivity contribution is -0.384. The number of benzene rings is 2. The summed E-state index contributed by atoms with van der Waals surface area (Å²) in [4.78, 5) is 22.2. The van der Waals surface area contributed by atoms with Gasteiger partial charge in [-0.05, 0) is 37.3 Å². The van der Waals surface area contributed by atoms with E-state index < -0.39 is 11.0 Å². The summed E-state index contributed by atoms with van der Waals surface area (Å²) in [6.45, 7) is 1.56. The third kappa shape index (κ3) is 4.67. The minimum Gasteiger partial charge on any atom is -0.479 e. The van der Waals surface area contributed by atoms with Crippen molar-refractivity contribution in [2.24, 2.45) is 0 Å². The van der Waals surface area contributed by atoms with Crippen molar-refractivity contribution in [1.29, 1.82) is 0 Å². The molecule has 0 spiro atoms. The van der Waals surface area contributed by atoms with Gasteiger partial charge >= 0.3 is 0 Å². The van der Waals surface area contributed by atoms with E-state index in [-0.39, 0.29) is 22.4 Å². The Balaban J connectivity index is 2.03. The summed E-state index contributed by atoms with van der Waals surface area (Å²) in [7, 11) is 0. The van der Waals surface area contributed by atoms with E-state index in [1.165, 1.54) is 18.2 Å². The number of carbonyl (C=O) groups is 1. The van der Waals surface area contributed by atoms with Crippen LogP contribution in [0.4, 0.5) is 11.4 Å². The van der Waals surface area contributed by atoms with Crippen LogP contribution >= 0.6 is 27.5 Å². The zero-order chi connectivity index (χ0) is 17.0. The SMILES string of the molecule is C[C@@H](Oc1ccc([N+](=O)[O-])cc1Cl)C(=O)Nc1ccc(Br)cc1. The Morgan fingerprint density at radius 3 is 2.52 bits per heavy atom. The predicted molar refractivity (Wildman–Crippen MR) is 91.0 cm³/mol. The van der Waals surface area contributed by atoms with Crippen LogP contribution in [0.25, 0.3) is 0 Å². The first-order valence-corrected chi connectivity index (χ1v) is 7.71. The third-order valence-electron chi connectivity index (χ3n) is 2.91. The maximum atomic E-state index is 12.1. The van der Waals surface area contributed by atoms with Gasteiger partial charge in [0.15, 0.2) is 6.10 Å². The maximum absolute atomic E-state index is 12.1. The summed E-state index contributed by atoms with van der Waals surface area (Å²) in [6, 6.07) is 10.9. The molecule has 0 aliphatic heterocycles. The largest absolute Gasteiger partial charge is 0.479 e. The second-order valence-corrected chi connectivity index (χ2v) is 5.95. The zero-order valence-corrected chi connectivity index (χ0v) is 14.3. The van der Waals surface area contributed by atoms with Crippen molar-refractivity contribution >= 4 is 44.8 Å². The number of nitro groups is 1. The molecule has 0 aliphatic rings. The Hall–Kier alpha value is -2.12. The molecule has 0 aliphatic carbocycles. The van der Waals surface area contributed by atoms with Crippen LogP contribution in [0.2, 0.25) is 5.02 Å². The number of nitro benzene ring substituents is 1. The number of ether oxygens (including phenoxy) is 1. The number of hydrogen-bond donors (Lipinski definition) is 1. The molecule has 0 radical (unpaired) electrons. The highest BCUT2D eigenvalue weighted by atomic mass is 79.9. The van der Waals surface area contributed by atoms with Crippen molar-refractivity contribution in [2.45, 2.75) is 13.0 Å². The Bertz CT molecular complexity index is 737. The lowest BCUT2D eigenvalue weighted by Gasteiger charge is -2.15. The number of nitrogens with zero attached hydrogens (tertiary/aromatic N) is 1. The molecule has 23 heavy (non-hydrogen) atoms. The lowest BCUT2D eigenvalue weighted by Crippen LogP contribution is -2.30. The van der Waals surface area contributed by atoms with E-state index in [2.05, 4.69) is 21.2 Å². The number of nitrogens with one attached hydrogen (secondary N) is 1. The fourth-order valence-electron chi connectivity index (χ4n) is 1.72. The van der Waals surface area contributed by atoms with Crippen molar-refractivity contribution in [3.8, 4) is 5.75 Å². The molecule has 0 heterocycles. The molecule has 2 aromatic rings. The van der Waals surface area contributed by atoms with Crippen LogP contribution in [0.1, 0.15) is 6.92 Å². The van der Waals surface area contributed by atoms with Crippen LogP contribution in [0.5, 0.6) is 5.75 Å². The summed E-state index contributed by atoms with van der Waals surface area (Å²) in [5.41, 5.74) is 0.484. The highest BCUT2D eigenvalue weighted by Gasteiger charge is 2.18. The van der Waals surface area contributed by atoms with Crippen molar-refractivity contribution < 1.29 is 14.5 Å². The molecule has 6 nitrogen and oxygen atoms in total. The van der Waals surface area contributed by atoms with E-state index in [1.54, 1.807) is 31.2 Å². The first-order valence-electron chi connectivity index (χ1n) is 6.54. The Morgan fingerprint density at radius 2 is 1.96 bits per heavy atom. The van der Waals surface area contributed by atoms with Gasteiger partial charge in [-0.2, -0.15) is 0 Å². The number of hydrogen-bond acceptors (Lipinski definition) is 4. The van der Waals surface area contributed by atoms with Gasteiger partial charge in [0, 0.05) is 22.3 Å². The fourth-order valence-corrected chi connectivity index (χ4v) is 2.20. The molecule has 0 aromatic heterocycles. The number of halogens is 2. The lowest BCUT2D eigenvalue weighted by atomic mass is 10.3. The van der Waals surface area contributed by atoms with Gasteiger partial charge in [-0.25, -0.2) is 0 Å². The summed E-state index contributed by atoms with van der Waals surface area (Å²) in [5.74, 6) is -0.155. The molecule has 2 rings (SSSR count). The first kappa shape index (κ1) is 17.2. The molecule has 2 aromatic carbocycles. The first-order chi connectivity index (χ1) is 10.9. The number of non-ortho nitro benzene ring substituents is 1. The van der Waals surface area contributed by atoms with Gasteiger partial charge < -0.3 is 10.1 Å². The highest BCUT2D eigenvalue weighted by Crippen LogP contribution is 2.29. The van der Waals surface area contributed by atoms with Crippen LogP contribution in [0.15, 0.2) is 46.9 Å². The van der Waals surface area contributed by atoms with Gasteiger partial charge in [-0.15, -0.1) is 0 Å². The van der Waals surface area contributed by atoms with Gasteiger partial charge in [0.2, 0.25) is 0 Å². The summed E-state index contributed by atoms with van der Waals surface area (Å²) in [6.07, 6.45) is -0.822. The Morgan fingerprint density at radius 1 is 1.30 bits per heavy atom. The van der Waals surface area contributed by atoms with Gasteiger partial charge in [-0.3, -0.25) is 14.9 Å². The molecular formula is C15H12BrClN2O4. The molecular weight excluding hydrogens is 388 g/mol. The van der Waals surface area contributed by atoms with Crippen molar-refractivity contribution in [2.75, 3.05) is 5.32 Å². The quantitative estimate of drug-likeness (QED) is 0.596. The predicted octanol–water partition coefficient (Wildman–Crippen LogP) is 4.42. The van der Waals surface area contributed by atoms with E-state index in [4.69, 9.17) is 16.3 Å². The molecule has 1 N–H and O–H groups in total. The second kappa shape index (κ2) is 7.43. The smallest absolute Gasteiger partial charge is 0.271 e. The number of anilines is 1. The highest BCUT2D eigenvalue weighted by molar-refractivity contribution is 9.10. The second-order valence-electron chi connectivity index (χ2n) is 4.63. The minimum atomic E-state index is -0.822. The van der Waals surface area contributed by atoms with E-state index in [0.29, 0.717) is 5.69 Å². The van der Waals surface area contributed by atoms with Crippen LogP contribution in [0, 0.1) is 10.1 Å². The molecule has 0 fully saturated rings. The molecule has 0 bridgehead atoms. The maximum Gasteiger partial charge on any atom is 0.271 e. The van der Waals surface area contributed by atoms with Gasteiger partial charge in [0.1, 0.15) is 5.75 Å². The monoisotopic (exact) mass is 398 g/mol. The Labute approximate surface area is 145 Å². The fraction of sp³-hybridized carbons (Fsp3) is 0.133. The summed E-state index contributed by atoms with van der Waals surface area (Å²) in [5, 5.41) is 13.4. The average molecular weight is 400 g/mol. The molecule has 0 saturated heterocycles. The van der Waals surface area contributed by atoms with Crippen LogP contribution < -0.4 is 10.1 Å². The van der Waals surface area contributed by atoms with Gasteiger partial charge in [-0.1, -0.05) is 27.5 Å². The van der Waals surface area contributed by atoms with E-state index >= 15 is 0 Å². The molecule has 1 amide bonds. The number of amides is 1. The van der Waals surface area contributed by atoms with Crippen molar-refractivity contribution in [3.63, 3.8) is 0 Å². The standard InChI is InChI=1S/C15H12BrClN2O4/c1-9(15(20)18-11-4-2-10(16)3-5-11)23-14-7-6-12(19(21)22)8-13(14)17/h2-9H,1H3,(H,18,20)/t9-/m1/s1. The van der Waals surface area contributed by atoms with E-state index in [0.717, 1.165) is 4.47 Å². The molecule has 120 valence electrons. The van der Waals surface area contributed by atoms with Crippen molar-refractivity contribution in [3.05, 3.63) is 62.1 Å². The third-order valence-corrected chi connectivity index (χ3v) is 3.74. The van der Waals surface area contributed by atoms with E-state index in [1.807, 2.05) is 0 Å². The summed E-state index contributed by atoms with van der Waals surface area (Å²) >= 11 is 9.24. The zero-order valence-electron chi connectivity index (χ0n) is 12.0. The van der Waals surface area contributed by atoms with Crippen LogP contribution in [-0.4, -0.2) is 16.9 Å². The van der Waals surface area contributed by atoms with Crippen LogP contribution in [-0.2, 0) is 4.79 Å². The molecule has 1 atom stereocenters. The van der Waals surface area contributed by atoms with E-state index in [9.17, 15) is 14.9 Å². The molecule has 0 unspecified atom stereocenters.